The normalized spacial score (nSPS) is 10.9. The second-order valence-corrected chi connectivity index (χ2v) is 5.77. The highest BCUT2D eigenvalue weighted by Gasteiger charge is 2.03. The first-order valence-corrected chi connectivity index (χ1v) is 6.56. The lowest BCUT2D eigenvalue weighted by Crippen LogP contribution is -2.14. The number of nitrogens with zero attached hydrogens (tertiary/aromatic N) is 3. The molecule has 0 saturated carbocycles. The lowest BCUT2D eigenvalue weighted by Gasteiger charge is -2.01. The van der Waals surface area contributed by atoms with Crippen LogP contribution in [-0.2, 0) is 20.1 Å². The molecule has 0 unspecified atom stereocenters. The van der Waals surface area contributed by atoms with Gasteiger partial charge >= 0.3 is 0 Å². The van der Waals surface area contributed by atoms with Gasteiger partial charge < -0.3 is 9.88 Å². The zero-order valence-corrected chi connectivity index (χ0v) is 11.6. The van der Waals surface area contributed by atoms with Gasteiger partial charge in [0.15, 0.2) is 0 Å². The fourth-order valence-electron chi connectivity index (χ4n) is 1.37. The first-order chi connectivity index (χ1) is 7.66. The van der Waals surface area contributed by atoms with Gasteiger partial charge in [0.05, 0.1) is 6.54 Å². The van der Waals surface area contributed by atoms with Gasteiger partial charge in [-0.25, -0.2) is 0 Å². The van der Waals surface area contributed by atoms with E-state index < -0.39 is 0 Å². The van der Waals surface area contributed by atoms with E-state index >= 15 is 0 Å². The third-order valence-electron chi connectivity index (χ3n) is 2.30. The van der Waals surface area contributed by atoms with Crippen molar-refractivity contribution in [3.05, 3.63) is 32.4 Å². The van der Waals surface area contributed by atoms with Crippen LogP contribution in [0.3, 0.4) is 0 Å². The summed E-state index contributed by atoms with van der Waals surface area (Å²) in [5.41, 5.74) is 0. The van der Waals surface area contributed by atoms with E-state index in [9.17, 15) is 0 Å². The molecule has 0 atom stereocenters. The first kappa shape index (κ1) is 11.8. The van der Waals surface area contributed by atoms with Crippen LogP contribution >= 0.6 is 27.3 Å². The SMILES string of the molecule is Cc1sc(CNCc2nncn2C)cc1Br. The molecule has 0 aliphatic rings. The second kappa shape index (κ2) is 5.07. The zero-order valence-electron chi connectivity index (χ0n) is 9.20. The molecular formula is C10H13BrN4S. The van der Waals surface area contributed by atoms with Crippen LogP contribution in [0.15, 0.2) is 16.9 Å². The molecule has 0 saturated heterocycles. The molecule has 0 spiro atoms. The van der Waals surface area contributed by atoms with Gasteiger partial charge in [0.25, 0.3) is 0 Å². The largest absolute Gasteiger partial charge is 0.320 e. The molecule has 0 aromatic carbocycles. The Morgan fingerprint density at radius 2 is 2.31 bits per heavy atom. The average molecular weight is 301 g/mol. The molecule has 2 aromatic rings. The number of aromatic nitrogens is 3. The standard InChI is InChI=1S/C10H13BrN4S/c1-7-9(11)3-8(16-7)4-12-5-10-14-13-6-15(10)2/h3,6,12H,4-5H2,1-2H3. The Morgan fingerprint density at radius 1 is 1.50 bits per heavy atom. The minimum Gasteiger partial charge on any atom is -0.320 e. The zero-order chi connectivity index (χ0) is 11.5. The predicted molar refractivity (Wildman–Crippen MR) is 68.3 cm³/mol. The van der Waals surface area contributed by atoms with Crippen molar-refractivity contribution in [2.24, 2.45) is 7.05 Å². The number of thiophene rings is 1. The van der Waals surface area contributed by atoms with Crippen molar-refractivity contribution in [1.82, 2.24) is 20.1 Å². The Kier molecular flexibility index (Phi) is 3.73. The third-order valence-corrected chi connectivity index (χ3v) is 4.43. The summed E-state index contributed by atoms with van der Waals surface area (Å²) in [6, 6.07) is 2.16. The monoisotopic (exact) mass is 300 g/mol. The number of halogens is 1. The fourth-order valence-corrected chi connectivity index (χ4v) is 2.94. The van der Waals surface area contributed by atoms with Crippen molar-refractivity contribution in [3.8, 4) is 0 Å². The maximum absolute atomic E-state index is 4.01. The summed E-state index contributed by atoms with van der Waals surface area (Å²) < 4.78 is 3.11. The number of rotatable bonds is 4. The lowest BCUT2D eigenvalue weighted by atomic mass is 10.4. The van der Waals surface area contributed by atoms with E-state index in [1.54, 1.807) is 17.7 Å². The van der Waals surface area contributed by atoms with Crippen LogP contribution in [0.25, 0.3) is 0 Å². The van der Waals surface area contributed by atoms with Crippen molar-refractivity contribution in [2.45, 2.75) is 20.0 Å². The summed E-state index contributed by atoms with van der Waals surface area (Å²) in [5.74, 6) is 0.951. The van der Waals surface area contributed by atoms with E-state index in [0.29, 0.717) is 0 Å². The highest BCUT2D eigenvalue weighted by atomic mass is 79.9. The van der Waals surface area contributed by atoms with Gasteiger partial charge in [-0.3, -0.25) is 0 Å². The molecule has 6 heteroatoms. The Labute approximate surface area is 107 Å². The van der Waals surface area contributed by atoms with Gasteiger partial charge in [0.1, 0.15) is 12.2 Å². The van der Waals surface area contributed by atoms with Crippen LogP contribution < -0.4 is 5.32 Å². The van der Waals surface area contributed by atoms with Gasteiger partial charge in [-0.05, 0) is 28.9 Å². The topological polar surface area (TPSA) is 42.7 Å². The number of nitrogens with one attached hydrogen (secondary N) is 1. The van der Waals surface area contributed by atoms with Crippen LogP contribution in [0, 0.1) is 6.92 Å². The molecule has 2 heterocycles. The number of hydrogen-bond acceptors (Lipinski definition) is 4. The molecule has 2 aromatic heterocycles. The van der Waals surface area contributed by atoms with Gasteiger partial charge in [-0.15, -0.1) is 21.5 Å². The van der Waals surface area contributed by atoms with Crippen LogP contribution in [0.1, 0.15) is 15.6 Å². The molecule has 2 rings (SSSR count). The van der Waals surface area contributed by atoms with Crippen molar-refractivity contribution < 1.29 is 0 Å². The summed E-state index contributed by atoms with van der Waals surface area (Å²) in [6.07, 6.45) is 1.71. The van der Waals surface area contributed by atoms with E-state index in [0.717, 1.165) is 18.9 Å². The molecule has 1 N–H and O–H groups in total. The van der Waals surface area contributed by atoms with Crippen LogP contribution in [-0.4, -0.2) is 14.8 Å². The van der Waals surface area contributed by atoms with Crippen molar-refractivity contribution in [1.29, 1.82) is 0 Å². The second-order valence-electron chi connectivity index (χ2n) is 3.58. The van der Waals surface area contributed by atoms with E-state index in [4.69, 9.17) is 0 Å². The van der Waals surface area contributed by atoms with E-state index in [-0.39, 0.29) is 0 Å². The molecule has 0 aliphatic heterocycles. The highest BCUT2D eigenvalue weighted by molar-refractivity contribution is 9.10. The van der Waals surface area contributed by atoms with E-state index in [1.165, 1.54) is 14.2 Å². The maximum atomic E-state index is 4.01. The lowest BCUT2D eigenvalue weighted by molar-refractivity contribution is 0.642. The van der Waals surface area contributed by atoms with Crippen LogP contribution in [0.4, 0.5) is 0 Å². The van der Waals surface area contributed by atoms with Crippen molar-refractivity contribution >= 4 is 27.3 Å². The summed E-state index contributed by atoms with van der Waals surface area (Å²) in [7, 11) is 1.95. The smallest absolute Gasteiger partial charge is 0.146 e. The van der Waals surface area contributed by atoms with Crippen LogP contribution in [0.2, 0.25) is 0 Å². The van der Waals surface area contributed by atoms with Gasteiger partial charge in [-0.2, -0.15) is 0 Å². The molecular weight excluding hydrogens is 288 g/mol. The van der Waals surface area contributed by atoms with Crippen molar-refractivity contribution in [3.63, 3.8) is 0 Å². The maximum Gasteiger partial charge on any atom is 0.146 e. The van der Waals surface area contributed by atoms with Gasteiger partial charge in [-0.1, -0.05) is 0 Å². The number of hydrogen-bond donors (Lipinski definition) is 1. The summed E-state index contributed by atoms with van der Waals surface area (Å²) in [5, 5.41) is 11.2. The molecule has 0 aliphatic carbocycles. The van der Waals surface area contributed by atoms with Gasteiger partial charge in [0.2, 0.25) is 0 Å². The Balaban J connectivity index is 1.87. The molecule has 0 bridgehead atoms. The van der Waals surface area contributed by atoms with Crippen molar-refractivity contribution in [2.75, 3.05) is 0 Å². The summed E-state index contributed by atoms with van der Waals surface area (Å²) in [4.78, 5) is 2.64. The highest BCUT2D eigenvalue weighted by Crippen LogP contribution is 2.26. The molecule has 0 amide bonds. The molecule has 86 valence electrons. The number of aryl methyl sites for hydroxylation is 2. The average Bonchev–Trinajstić information content (AvgIpc) is 2.76. The third kappa shape index (κ3) is 2.69. The molecule has 4 nitrogen and oxygen atoms in total. The Hall–Kier alpha value is -0.720. The first-order valence-electron chi connectivity index (χ1n) is 4.95. The quantitative estimate of drug-likeness (QED) is 0.942. The minimum absolute atomic E-state index is 0.741. The van der Waals surface area contributed by atoms with Crippen LogP contribution in [0.5, 0.6) is 0 Å². The summed E-state index contributed by atoms with van der Waals surface area (Å²) >= 11 is 5.32. The van der Waals surface area contributed by atoms with Gasteiger partial charge in [0, 0.05) is 27.8 Å². The fraction of sp³-hybridized carbons (Fsp3) is 0.400. The molecule has 0 fully saturated rings. The Bertz CT molecular complexity index is 457. The molecule has 16 heavy (non-hydrogen) atoms. The van der Waals surface area contributed by atoms with E-state index in [1.807, 2.05) is 11.6 Å². The van der Waals surface area contributed by atoms with E-state index in [2.05, 4.69) is 44.4 Å². The minimum atomic E-state index is 0.741. The summed E-state index contributed by atoms with van der Waals surface area (Å²) in [6.45, 7) is 3.72. The Morgan fingerprint density at radius 3 is 2.88 bits per heavy atom. The predicted octanol–water partition coefficient (Wildman–Crippen LogP) is 2.24. The molecule has 0 radical (unpaired) electrons.